The lowest BCUT2D eigenvalue weighted by Gasteiger charge is -2.26. The molecule has 7 nitrogen and oxygen atoms in total. The third-order valence-corrected chi connectivity index (χ3v) is 5.31. The minimum absolute atomic E-state index is 0.0456. The summed E-state index contributed by atoms with van der Waals surface area (Å²) in [6.45, 7) is 0.390. The number of carbonyl (C=O) groups excluding carboxylic acids is 1. The van der Waals surface area contributed by atoms with Gasteiger partial charge in [-0.3, -0.25) is 14.9 Å². The largest absolute Gasteiger partial charge is 0.321 e. The summed E-state index contributed by atoms with van der Waals surface area (Å²) in [7, 11) is 1.77. The number of anilines is 2. The SMILES string of the molecule is CN1C(=O)c2cccc3c2C1=Cc1cccnc1N3Cc1cccc([N+](=O)[O-])c1. The van der Waals surface area contributed by atoms with Crippen molar-refractivity contribution in [2.45, 2.75) is 6.54 Å². The van der Waals surface area contributed by atoms with E-state index in [-0.39, 0.29) is 11.6 Å². The van der Waals surface area contributed by atoms with Crippen LogP contribution in [0.25, 0.3) is 11.8 Å². The van der Waals surface area contributed by atoms with Crippen molar-refractivity contribution in [2.75, 3.05) is 11.9 Å². The Balaban J connectivity index is 1.71. The number of nitrogens with zero attached hydrogens (tertiary/aromatic N) is 4. The molecular weight excluding hydrogens is 368 g/mol. The van der Waals surface area contributed by atoms with Gasteiger partial charge < -0.3 is 9.80 Å². The standard InChI is InChI=1S/C22H16N4O3/c1-24-19-12-15-6-4-10-23-21(15)25(13-14-5-2-7-16(11-14)26(28)29)18-9-3-8-17(20(18)19)22(24)27/h2-12H,13H2,1H3. The number of fused-ring (bicyclic) bond motifs is 1. The first-order valence-corrected chi connectivity index (χ1v) is 9.13. The number of nitro benzene ring substituents is 1. The van der Waals surface area contributed by atoms with Gasteiger partial charge in [-0.25, -0.2) is 4.98 Å². The predicted octanol–water partition coefficient (Wildman–Crippen LogP) is 4.23. The zero-order valence-corrected chi connectivity index (χ0v) is 15.6. The summed E-state index contributed by atoms with van der Waals surface area (Å²) < 4.78 is 0. The van der Waals surface area contributed by atoms with Gasteiger partial charge in [-0.15, -0.1) is 0 Å². The summed E-state index contributed by atoms with van der Waals surface area (Å²) >= 11 is 0. The molecule has 3 heterocycles. The molecule has 0 bridgehead atoms. The van der Waals surface area contributed by atoms with Gasteiger partial charge in [0, 0.05) is 43.0 Å². The molecule has 29 heavy (non-hydrogen) atoms. The fourth-order valence-corrected chi connectivity index (χ4v) is 3.96. The third-order valence-electron chi connectivity index (χ3n) is 5.31. The first kappa shape index (κ1) is 17.1. The van der Waals surface area contributed by atoms with Crippen molar-refractivity contribution < 1.29 is 9.72 Å². The summed E-state index contributed by atoms with van der Waals surface area (Å²) in [6, 6.07) is 16.0. The number of hydrogen-bond acceptors (Lipinski definition) is 5. The number of hydrogen-bond donors (Lipinski definition) is 0. The summed E-state index contributed by atoms with van der Waals surface area (Å²) in [4.78, 5) is 31.8. The van der Waals surface area contributed by atoms with Crippen LogP contribution in [0.4, 0.5) is 17.2 Å². The minimum atomic E-state index is -0.397. The molecule has 2 aromatic carbocycles. The predicted molar refractivity (Wildman–Crippen MR) is 110 cm³/mol. The molecule has 0 atom stereocenters. The molecule has 0 radical (unpaired) electrons. The molecular formula is C22H16N4O3. The third kappa shape index (κ3) is 2.59. The van der Waals surface area contributed by atoms with E-state index < -0.39 is 4.92 Å². The van der Waals surface area contributed by atoms with Crippen molar-refractivity contribution >= 4 is 34.9 Å². The van der Waals surface area contributed by atoms with Gasteiger partial charge in [-0.1, -0.05) is 18.2 Å². The highest BCUT2D eigenvalue weighted by Crippen LogP contribution is 2.45. The van der Waals surface area contributed by atoms with Crippen LogP contribution in [0.2, 0.25) is 0 Å². The number of aromatic nitrogens is 1. The smallest absolute Gasteiger partial charge is 0.269 e. The lowest BCUT2D eigenvalue weighted by Crippen LogP contribution is -2.19. The quantitative estimate of drug-likeness (QED) is 0.499. The number of amides is 1. The Hall–Kier alpha value is -4.00. The number of carbonyl (C=O) groups is 1. The fourth-order valence-electron chi connectivity index (χ4n) is 3.96. The molecule has 0 N–H and O–H groups in total. The molecule has 2 aliphatic rings. The summed E-state index contributed by atoms with van der Waals surface area (Å²) in [6.07, 6.45) is 3.70. The number of non-ortho nitro benzene ring substituents is 1. The van der Waals surface area contributed by atoms with Gasteiger partial charge in [0.15, 0.2) is 0 Å². The molecule has 3 aromatic rings. The van der Waals surface area contributed by atoms with Crippen LogP contribution in [0.5, 0.6) is 0 Å². The number of pyridine rings is 1. The van der Waals surface area contributed by atoms with Crippen molar-refractivity contribution in [3.05, 3.63) is 93.2 Å². The summed E-state index contributed by atoms with van der Waals surface area (Å²) in [5.41, 5.74) is 4.92. The van der Waals surface area contributed by atoms with Gasteiger partial charge in [-0.2, -0.15) is 0 Å². The number of nitro groups is 1. The zero-order chi connectivity index (χ0) is 20.1. The van der Waals surface area contributed by atoms with Crippen molar-refractivity contribution in [1.82, 2.24) is 9.88 Å². The maximum absolute atomic E-state index is 12.7. The van der Waals surface area contributed by atoms with E-state index in [2.05, 4.69) is 4.98 Å². The van der Waals surface area contributed by atoms with Crippen molar-refractivity contribution in [3.8, 4) is 0 Å². The highest BCUT2D eigenvalue weighted by Gasteiger charge is 2.35. The Kier molecular flexibility index (Phi) is 3.70. The van der Waals surface area contributed by atoms with E-state index in [0.717, 1.165) is 33.9 Å². The maximum Gasteiger partial charge on any atom is 0.269 e. The average molecular weight is 384 g/mol. The molecule has 2 aliphatic heterocycles. The van der Waals surface area contributed by atoms with Crippen molar-refractivity contribution in [2.24, 2.45) is 0 Å². The summed E-state index contributed by atoms with van der Waals surface area (Å²) in [5, 5.41) is 11.2. The van der Waals surface area contributed by atoms with Gasteiger partial charge in [0.2, 0.25) is 0 Å². The van der Waals surface area contributed by atoms with E-state index >= 15 is 0 Å². The Morgan fingerprint density at radius 2 is 1.93 bits per heavy atom. The van der Waals surface area contributed by atoms with E-state index in [1.807, 2.05) is 47.4 Å². The molecule has 1 amide bonds. The molecule has 0 aliphatic carbocycles. The Bertz CT molecular complexity index is 1220. The van der Waals surface area contributed by atoms with E-state index in [0.29, 0.717) is 12.1 Å². The van der Waals surface area contributed by atoms with E-state index in [9.17, 15) is 14.9 Å². The second-order valence-corrected chi connectivity index (χ2v) is 7.02. The Labute approximate surface area is 166 Å². The monoisotopic (exact) mass is 384 g/mol. The Morgan fingerprint density at radius 1 is 1.10 bits per heavy atom. The highest BCUT2D eigenvalue weighted by atomic mass is 16.6. The number of rotatable bonds is 3. The summed E-state index contributed by atoms with van der Waals surface area (Å²) in [5.74, 6) is 0.700. The van der Waals surface area contributed by atoms with Gasteiger partial charge in [0.05, 0.1) is 21.9 Å². The van der Waals surface area contributed by atoms with Crippen LogP contribution >= 0.6 is 0 Å². The van der Waals surface area contributed by atoms with Gasteiger partial charge >= 0.3 is 0 Å². The molecule has 0 saturated carbocycles. The van der Waals surface area contributed by atoms with E-state index in [1.54, 1.807) is 30.3 Å². The molecule has 0 unspecified atom stereocenters. The van der Waals surface area contributed by atoms with Crippen LogP contribution < -0.4 is 4.90 Å². The van der Waals surface area contributed by atoms with Gasteiger partial charge in [0.25, 0.3) is 11.6 Å². The molecule has 0 spiro atoms. The maximum atomic E-state index is 12.7. The van der Waals surface area contributed by atoms with E-state index in [4.69, 9.17) is 0 Å². The van der Waals surface area contributed by atoms with Crippen LogP contribution in [0.1, 0.15) is 27.0 Å². The second-order valence-electron chi connectivity index (χ2n) is 7.02. The molecule has 0 fully saturated rings. The first-order valence-electron chi connectivity index (χ1n) is 9.13. The average Bonchev–Trinajstić information content (AvgIpc) is 2.89. The molecule has 1 aromatic heterocycles. The lowest BCUT2D eigenvalue weighted by atomic mass is 10.0. The lowest BCUT2D eigenvalue weighted by molar-refractivity contribution is -0.384. The second kappa shape index (κ2) is 6.27. The Morgan fingerprint density at radius 3 is 2.76 bits per heavy atom. The van der Waals surface area contributed by atoms with Crippen molar-refractivity contribution in [3.63, 3.8) is 0 Å². The van der Waals surface area contributed by atoms with Crippen LogP contribution in [0.3, 0.4) is 0 Å². The zero-order valence-electron chi connectivity index (χ0n) is 15.6. The first-order chi connectivity index (χ1) is 14.0. The van der Waals surface area contributed by atoms with Crippen LogP contribution in [-0.4, -0.2) is 27.8 Å². The highest BCUT2D eigenvalue weighted by molar-refractivity contribution is 6.15. The van der Waals surface area contributed by atoms with Crippen molar-refractivity contribution in [1.29, 1.82) is 0 Å². The van der Waals surface area contributed by atoms with Crippen LogP contribution in [-0.2, 0) is 6.54 Å². The van der Waals surface area contributed by atoms with Crippen LogP contribution in [0, 0.1) is 10.1 Å². The minimum Gasteiger partial charge on any atom is -0.321 e. The fraction of sp³-hybridized carbons (Fsp3) is 0.0909. The number of benzene rings is 2. The normalized spacial score (nSPS) is 14.2. The molecule has 142 valence electrons. The molecule has 0 saturated heterocycles. The van der Waals surface area contributed by atoms with Crippen LogP contribution in [0.15, 0.2) is 60.8 Å². The van der Waals surface area contributed by atoms with Gasteiger partial charge in [0.1, 0.15) is 5.82 Å². The topological polar surface area (TPSA) is 79.6 Å². The van der Waals surface area contributed by atoms with Gasteiger partial charge in [-0.05, 0) is 35.9 Å². The molecule has 7 heteroatoms. The van der Waals surface area contributed by atoms with E-state index in [1.165, 1.54) is 6.07 Å². The molecule has 5 rings (SSSR count).